The molecule has 4 heterocycles. The zero-order valence-corrected chi connectivity index (χ0v) is 17.8. The van der Waals surface area contributed by atoms with Gasteiger partial charge in [-0.3, -0.25) is 14.8 Å². The summed E-state index contributed by atoms with van der Waals surface area (Å²) in [5.41, 5.74) is 5.60. The minimum atomic E-state index is 0.205. The van der Waals surface area contributed by atoms with Gasteiger partial charge in [-0.25, -0.2) is 4.52 Å². The quantitative estimate of drug-likeness (QED) is 0.500. The van der Waals surface area contributed by atoms with E-state index in [0.717, 1.165) is 54.3 Å². The number of piperazine rings is 1. The highest BCUT2D eigenvalue weighted by Crippen LogP contribution is 2.28. The Morgan fingerprint density at radius 2 is 1.77 bits per heavy atom. The van der Waals surface area contributed by atoms with Gasteiger partial charge < -0.3 is 4.74 Å². The average molecular weight is 415 g/mol. The number of likely N-dealkylation sites (N-methyl/N-ethyl adjacent to an activating group) is 1. The molecule has 1 unspecified atom stereocenters. The van der Waals surface area contributed by atoms with Crippen LogP contribution in [0.5, 0.6) is 5.75 Å². The molecule has 1 aliphatic rings. The lowest BCUT2D eigenvalue weighted by atomic mass is 10.1. The van der Waals surface area contributed by atoms with Gasteiger partial charge in [-0.05, 0) is 48.5 Å². The van der Waals surface area contributed by atoms with Crippen LogP contribution in [-0.4, -0.2) is 63.4 Å². The Kier molecular flexibility index (Phi) is 5.36. The number of ether oxygens (including phenoxy) is 1. The van der Waals surface area contributed by atoms with Gasteiger partial charge in [-0.2, -0.15) is 0 Å². The summed E-state index contributed by atoms with van der Waals surface area (Å²) in [5, 5.41) is 9.02. The summed E-state index contributed by atoms with van der Waals surface area (Å²) in [4.78, 5) is 8.97. The van der Waals surface area contributed by atoms with Crippen LogP contribution in [0.15, 0.2) is 67.1 Å². The largest absolute Gasteiger partial charge is 0.497 e. The van der Waals surface area contributed by atoms with E-state index in [1.165, 1.54) is 5.56 Å². The van der Waals surface area contributed by atoms with Crippen molar-refractivity contribution in [2.75, 3.05) is 33.8 Å². The number of hydrogen-bond donors (Lipinski definition) is 0. The molecular formula is C24H26N6O. The van der Waals surface area contributed by atoms with Gasteiger partial charge >= 0.3 is 0 Å². The van der Waals surface area contributed by atoms with Crippen molar-refractivity contribution in [1.29, 1.82) is 0 Å². The Morgan fingerprint density at radius 3 is 2.55 bits per heavy atom. The van der Waals surface area contributed by atoms with Crippen molar-refractivity contribution in [3.8, 4) is 16.9 Å². The molecule has 7 nitrogen and oxygen atoms in total. The maximum Gasteiger partial charge on any atom is 0.118 e. The van der Waals surface area contributed by atoms with Crippen molar-refractivity contribution in [2.24, 2.45) is 0 Å². The minimum Gasteiger partial charge on any atom is -0.497 e. The fourth-order valence-electron chi connectivity index (χ4n) is 4.22. The van der Waals surface area contributed by atoms with Gasteiger partial charge in [0.05, 0.1) is 18.7 Å². The molecule has 0 radical (unpaired) electrons. The first-order valence-electron chi connectivity index (χ1n) is 10.5. The lowest BCUT2D eigenvalue weighted by molar-refractivity contribution is 0.0889. The number of nitrogens with zero attached hydrogens (tertiary/aromatic N) is 6. The monoisotopic (exact) mass is 414 g/mol. The Balaban J connectivity index is 1.37. The average Bonchev–Trinajstić information content (AvgIpc) is 3.24. The predicted molar refractivity (Wildman–Crippen MR) is 120 cm³/mol. The lowest BCUT2D eigenvalue weighted by Crippen LogP contribution is -2.46. The van der Waals surface area contributed by atoms with Gasteiger partial charge in [-0.1, -0.05) is 23.4 Å². The molecule has 0 aliphatic carbocycles. The van der Waals surface area contributed by atoms with Gasteiger partial charge in [0.25, 0.3) is 0 Å². The van der Waals surface area contributed by atoms with E-state index in [0.29, 0.717) is 0 Å². The van der Waals surface area contributed by atoms with E-state index in [4.69, 9.17) is 4.74 Å². The second-order valence-corrected chi connectivity index (χ2v) is 8.04. The highest BCUT2D eigenvalue weighted by molar-refractivity contribution is 5.65. The van der Waals surface area contributed by atoms with Crippen molar-refractivity contribution in [3.05, 3.63) is 78.4 Å². The Hall–Kier alpha value is -3.29. The van der Waals surface area contributed by atoms with Crippen LogP contribution in [0.25, 0.3) is 16.6 Å². The van der Waals surface area contributed by atoms with Crippen LogP contribution in [0, 0.1) is 0 Å². The third-order valence-corrected chi connectivity index (χ3v) is 6.07. The first-order chi connectivity index (χ1) is 15.2. The number of fused-ring (bicyclic) bond motifs is 1. The molecule has 0 bridgehead atoms. The first-order valence-corrected chi connectivity index (χ1v) is 10.5. The fourth-order valence-corrected chi connectivity index (χ4v) is 4.22. The molecular weight excluding hydrogens is 388 g/mol. The SMILES string of the molecule is COc1ccc(CN2CCN(C)C(c3nnn4cc(-c5ccncc5)ccc34)C2)cc1. The Bertz CT molecular complexity index is 1160. The topological polar surface area (TPSA) is 58.8 Å². The molecule has 3 aromatic heterocycles. The van der Waals surface area contributed by atoms with E-state index in [2.05, 4.69) is 56.4 Å². The van der Waals surface area contributed by atoms with E-state index in [9.17, 15) is 0 Å². The molecule has 1 fully saturated rings. The van der Waals surface area contributed by atoms with Crippen LogP contribution in [0.1, 0.15) is 17.3 Å². The number of hydrogen-bond acceptors (Lipinski definition) is 6. The molecule has 7 heteroatoms. The first kappa shape index (κ1) is 19.7. The molecule has 1 saturated heterocycles. The van der Waals surface area contributed by atoms with E-state index in [-0.39, 0.29) is 6.04 Å². The standard InChI is InChI=1S/C24H26N6O/c1-28-13-14-29(15-18-3-6-21(31-2)7-4-18)17-23(28)24-22-8-5-20(16-30(22)27-26-24)19-9-11-25-12-10-19/h3-12,16,23H,13-15,17H2,1-2H3. The number of pyridine rings is 2. The fraction of sp³-hybridized carbons (Fsp3) is 0.292. The molecule has 0 saturated carbocycles. The summed E-state index contributed by atoms with van der Waals surface area (Å²) in [5.74, 6) is 0.890. The van der Waals surface area contributed by atoms with Gasteiger partial charge in [0.15, 0.2) is 0 Å². The zero-order valence-electron chi connectivity index (χ0n) is 17.8. The predicted octanol–water partition coefficient (Wildman–Crippen LogP) is 3.29. The van der Waals surface area contributed by atoms with Crippen molar-refractivity contribution in [1.82, 2.24) is 29.6 Å². The van der Waals surface area contributed by atoms with Gasteiger partial charge in [0.2, 0.25) is 0 Å². The number of rotatable bonds is 5. The van der Waals surface area contributed by atoms with Crippen LogP contribution in [0.3, 0.4) is 0 Å². The normalized spacial score (nSPS) is 17.8. The molecule has 31 heavy (non-hydrogen) atoms. The number of aromatic nitrogens is 4. The number of methoxy groups -OCH3 is 1. The molecule has 4 aromatic rings. The zero-order chi connectivity index (χ0) is 21.2. The lowest BCUT2D eigenvalue weighted by Gasteiger charge is -2.38. The molecule has 158 valence electrons. The second kappa shape index (κ2) is 8.45. The molecule has 1 aromatic carbocycles. The van der Waals surface area contributed by atoms with Gasteiger partial charge in [-0.15, -0.1) is 5.10 Å². The summed E-state index contributed by atoms with van der Waals surface area (Å²) < 4.78 is 7.17. The summed E-state index contributed by atoms with van der Waals surface area (Å²) in [6.07, 6.45) is 5.65. The maximum atomic E-state index is 5.28. The molecule has 1 aliphatic heterocycles. The summed E-state index contributed by atoms with van der Waals surface area (Å²) in [6, 6.07) is 16.8. The Labute approximate surface area is 181 Å². The maximum absolute atomic E-state index is 5.28. The third kappa shape index (κ3) is 4.02. The van der Waals surface area contributed by atoms with Crippen molar-refractivity contribution in [2.45, 2.75) is 12.6 Å². The smallest absolute Gasteiger partial charge is 0.118 e. The third-order valence-electron chi connectivity index (χ3n) is 6.07. The van der Waals surface area contributed by atoms with Crippen LogP contribution in [0.4, 0.5) is 0 Å². The summed E-state index contributed by atoms with van der Waals surface area (Å²) in [7, 11) is 3.87. The molecule has 0 amide bonds. The highest BCUT2D eigenvalue weighted by atomic mass is 16.5. The Morgan fingerprint density at radius 1 is 0.968 bits per heavy atom. The molecule has 0 N–H and O–H groups in total. The summed E-state index contributed by atoms with van der Waals surface area (Å²) in [6.45, 7) is 3.86. The van der Waals surface area contributed by atoms with Gasteiger partial charge in [0.1, 0.15) is 11.4 Å². The van der Waals surface area contributed by atoms with Crippen molar-refractivity contribution < 1.29 is 4.74 Å². The van der Waals surface area contributed by atoms with Crippen molar-refractivity contribution >= 4 is 5.52 Å². The van der Waals surface area contributed by atoms with Crippen LogP contribution < -0.4 is 4.74 Å². The van der Waals surface area contributed by atoms with Crippen LogP contribution in [0.2, 0.25) is 0 Å². The van der Waals surface area contributed by atoms with Crippen molar-refractivity contribution in [3.63, 3.8) is 0 Å². The minimum absolute atomic E-state index is 0.205. The number of benzene rings is 1. The molecule has 1 atom stereocenters. The molecule has 0 spiro atoms. The van der Waals surface area contributed by atoms with E-state index in [1.807, 2.05) is 35.0 Å². The van der Waals surface area contributed by atoms with E-state index in [1.54, 1.807) is 19.5 Å². The van der Waals surface area contributed by atoms with E-state index >= 15 is 0 Å². The molecule has 5 rings (SSSR count). The van der Waals surface area contributed by atoms with Crippen LogP contribution in [-0.2, 0) is 6.54 Å². The highest BCUT2D eigenvalue weighted by Gasteiger charge is 2.29. The summed E-state index contributed by atoms with van der Waals surface area (Å²) >= 11 is 0. The van der Waals surface area contributed by atoms with E-state index < -0.39 is 0 Å². The van der Waals surface area contributed by atoms with Crippen LogP contribution >= 0.6 is 0 Å². The van der Waals surface area contributed by atoms with Gasteiger partial charge in [0, 0.05) is 50.3 Å². The second-order valence-electron chi connectivity index (χ2n) is 8.04.